The van der Waals surface area contributed by atoms with Crippen LogP contribution in [0.1, 0.15) is 31.8 Å². The molecule has 236 valence electrons. The number of hydrogen-bond donors (Lipinski definition) is 0. The Hall–Kier alpha value is -5.18. The Morgan fingerprint density at radius 1 is 0.326 bits per heavy atom. The fourth-order valence-corrected chi connectivity index (χ4v) is 4.40. The lowest BCUT2D eigenvalue weighted by molar-refractivity contribution is 0.0764. The highest BCUT2D eigenvalue weighted by Gasteiger charge is 2.05. The van der Waals surface area contributed by atoms with Crippen molar-refractivity contribution in [2.24, 2.45) is 0 Å². The molecule has 0 aromatic heterocycles. The maximum atomic E-state index is 12.6. The van der Waals surface area contributed by atoms with Crippen molar-refractivity contribution in [1.82, 2.24) is 0 Å². The summed E-state index contributed by atoms with van der Waals surface area (Å²) in [5, 5.41) is 0. The van der Waals surface area contributed by atoms with Gasteiger partial charge in [0.05, 0.1) is 26.4 Å². The molecule has 0 saturated carbocycles. The first-order chi connectivity index (χ1) is 22.6. The summed E-state index contributed by atoms with van der Waals surface area (Å²) < 4.78 is 34.2. The van der Waals surface area contributed by atoms with E-state index >= 15 is 0 Å². The van der Waals surface area contributed by atoms with E-state index in [-0.39, 0.29) is 11.6 Å². The van der Waals surface area contributed by atoms with E-state index in [0.29, 0.717) is 75.5 Å². The number of ether oxygens (including phenoxy) is 6. The van der Waals surface area contributed by atoms with Crippen molar-refractivity contribution < 1.29 is 38.0 Å². The van der Waals surface area contributed by atoms with Crippen LogP contribution in [0.5, 0.6) is 23.0 Å². The molecule has 0 aliphatic carbocycles. The number of rotatable bonds is 0. The molecule has 0 N–H and O–H groups in total. The van der Waals surface area contributed by atoms with Crippen LogP contribution < -0.4 is 18.9 Å². The number of hydrogen-bond acceptors (Lipinski definition) is 8. The first kappa shape index (κ1) is 32.2. The smallest absolute Gasteiger partial charge is 0.185 e. The molecule has 0 unspecified atom stereocenters. The topological polar surface area (TPSA) is 89.5 Å². The van der Waals surface area contributed by atoms with Gasteiger partial charge in [0.15, 0.2) is 11.6 Å². The zero-order valence-electron chi connectivity index (χ0n) is 25.5. The van der Waals surface area contributed by atoms with Crippen molar-refractivity contribution in [1.29, 1.82) is 0 Å². The van der Waals surface area contributed by atoms with Gasteiger partial charge in [0.25, 0.3) is 0 Å². The molecule has 0 fully saturated rings. The van der Waals surface area contributed by atoms with Gasteiger partial charge in [-0.05, 0) is 96.1 Å². The van der Waals surface area contributed by atoms with Crippen molar-refractivity contribution in [3.8, 4) is 23.0 Å². The molecule has 0 saturated heterocycles. The van der Waals surface area contributed by atoms with Gasteiger partial charge in [-0.3, -0.25) is 9.59 Å². The van der Waals surface area contributed by atoms with Crippen molar-refractivity contribution in [2.45, 2.75) is 0 Å². The number of allylic oxidation sites excluding steroid dienone is 2. The molecule has 46 heavy (non-hydrogen) atoms. The van der Waals surface area contributed by atoms with Crippen molar-refractivity contribution in [3.63, 3.8) is 0 Å². The Labute approximate surface area is 268 Å². The Bertz CT molecular complexity index is 1470. The summed E-state index contributed by atoms with van der Waals surface area (Å²) in [5.74, 6) is 2.54. The van der Waals surface area contributed by atoms with E-state index in [0.717, 1.165) is 22.6 Å². The van der Waals surface area contributed by atoms with Crippen LogP contribution in [-0.4, -0.2) is 64.4 Å². The molecule has 4 aromatic rings. The monoisotopic (exact) mass is 620 g/mol. The fraction of sp³-hybridized carbons (Fsp3) is 0.211. The Kier molecular flexibility index (Phi) is 12.1. The van der Waals surface area contributed by atoms with Gasteiger partial charge in [0.1, 0.15) is 49.4 Å². The van der Waals surface area contributed by atoms with Crippen LogP contribution >= 0.6 is 0 Å². The van der Waals surface area contributed by atoms with Gasteiger partial charge >= 0.3 is 0 Å². The minimum Gasteiger partial charge on any atom is -0.491 e. The minimum absolute atomic E-state index is 0.102. The summed E-state index contributed by atoms with van der Waals surface area (Å²) >= 11 is 0. The lowest BCUT2D eigenvalue weighted by atomic mass is 10.1. The minimum atomic E-state index is -0.102. The number of carbonyl (C=O) groups is 2. The van der Waals surface area contributed by atoms with E-state index < -0.39 is 0 Å². The normalized spacial score (nSPS) is 17.0. The van der Waals surface area contributed by atoms with E-state index in [2.05, 4.69) is 0 Å². The largest absolute Gasteiger partial charge is 0.491 e. The van der Waals surface area contributed by atoms with Crippen LogP contribution in [0.3, 0.4) is 0 Å². The third kappa shape index (κ3) is 10.5. The van der Waals surface area contributed by atoms with Gasteiger partial charge < -0.3 is 28.4 Å². The Balaban J connectivity index is 1.16. The first-order valence-electron chi connectivity index (χ1n) is 15.1. The van der Waals surface area contributed by atoms with Gasteiger partial charge in [0.2, 0.25) is 0 Å². The molecule has 4 aromatic carbocycles. The molecule has 0 spiro atoms. The second-order valence-electron chi connectivity index (χ2n) is 10.2. The molecule has 8 heteroatoms. The SMILES string of the molecule is O=C1/C=C/c2ccc(cc2)OCCOCCOc2ccc(cc2)/C=C/C(=O)c2ccc(cc2)OCCOCCOc2ccc1cc2. The lowest BCUT2D eigenvalue weighted by Gasteiger charge is -2.09. The predicted molar refractivity (Wildman–Crippen MR) is 176 cm³/mol. The molecule has 0 atom stereocenters. The average molecular weight is 621 g/mol. The summed E-state index contributed by atoms with van der Waals surface area (Å²) in [4.78, 5) is 25.3. The second kappa shape index (κ2) is 17.3. The van der Waals surface area contributed by atoms with Gasteiger partial charge in [-0.25, -0.2) is 0 Å². The molecule has 0 radical (unpaired) electrons. The third-order valence-electron chi connectivity index (χ3n) is 6.88. The third-order valence-corrected chi connectivity index (χ3v) is 6.88. The van der Waals surface area contributed by atoms with E-state index in [1.807, 2.05) is 48.5 Å². The zero-order valence-corrected chi connectivity index (χ0v) is 25.5. The molecule has 7 heterocycles. The average Bonchev–Trinajstić information content (AvgIpc) is 3.10. The van der Waals surface area contributed by atoms with E-state index in [1.165, 1.54) is 0 Å². The van der Waals surface area contributed by atoms with Gasteiger partial charge in [-0.2, -0.15) is 0 Å². The first-order valence-corrected chi connectivity index (χ1v) is 15.1. The summed E-state index contributed by atoms with van der Waals surface area (Å²) in [7, 11) is 0. The quantitative estimate of drug-likeness (QED) is 0.214. The lowest BCUT2D eigenvalue weighted by Crippen LogP contribution is -2.12. The van der Waals surface area contributed by atoms with Gasteiger partial charge in [-0.1, -0.05) is 36.4 Å². The fourth-order valence-electron chi connectivity index (χ4n) is 4.40. The Morgan fingerprint density at radius 2 is 0.609 bits per heavy atom. The maximum absolute atomic E-state index is 12.6. The predicted octanol–water partition coefficient (Wildman–Crippen LogP) is 6.74. The maximum Gasteiger partial charge on any atom is 0.185 e. The molecular weight excluding hydrogens is 584 g/mol. The van der Waals surface area contributed by atoms with Crippen LogP contribution in [0.15, 0.2) is 109 Å². The van der Waals surface area contributed by atoms with Crippen LogP contribution in [0.25, 0.3) is 12.2 Å². The molecule has 8 nitrogen and oxygen atoms in total. The number of carbonyl (C=O) groups excluding carboxylic acids is 2. The van der Waals surface area contributed by atoms with Crippen LogP contribution in [0.4, 0.5) is 0 Å². The summed E-state index contributed by atoms with van der Waals surface area (Å²) in [5.41, 5.74) is 2.91. The molecule has 7 aliphatic heterocycles. The van der Waals surface area contributed by atoms with E-state index in [1.54, 1.807) is 72.8 Å². The van der Waals surface area contributed by atoms with Crippen LogP contribution in [0, 0.1) is 0 Å². The Morgan fingerprint density at radius 3 is 0.913 bits per heavy atom. The number of ketones is 2. The molecule has 8 bridgehead atoms. The van der Waals surface area contributed by atoms with Crippen molar-refractivity contribution >= 4 is 23.7 Å². The zero-order chi connectivity index (χ0) is 31.8. The van der Waals surface area contributed by atoms with Gasteiger partial charge in [0, 0.05) is 11.1 Å². The summed E-state index contributed by atoms with van der Waals surface area (Å²) in [6, 6.07) is 29.0. The van der Waals surface area contributed by atoms with Crippen molar-refractivity contribution in [2.75, 3.05) is 52.9 Å². The highest BCUT2D eigenvalue weighted by Crippen LogP contribution is 2.17. The summed E-state index contributed by atoms with van der Waals surface area (Å²) in [6.07, 6.45) is 6.64. The molecule has 7 aliphatic rings. The van der Waals surface area contributed by atoms with Crippen molar-refractivity contribution in [3.05, 3.63) is 131 Å². The highest BCUT2D eigenvalue weighted by atomic mass is 16.5. The molecular formula is C38H36O8. The summed E-state index contributed by atoms with van der Waals surface area (Å²) in [6.45, 7) is 3.15. The highest BCUT2D eigenvalue weighted by molar-refractivity contribution is 6.07. The molecule has 0 amide bonds. The van der Waals surface area contributed by atoms with Crippen LogP contribution in [-0.2, 0) is 9.47 Å². The molecule has 11 rings (SSSR count). The van der Waals surface area contributed by atoms with E-state index in [9.17, 15) is 9.59 Å². The standard InChI is InChI=1S/C38H36O8/c39-37-19-5-29-1-11-33(12-2-29)43-25-21-41-22-26-44-34-13-3-30(4-14-34)6-20-38(40)32-9-17-36(18-10-32)46-28-24-42-23-27-45-35-15-7-31(37)8-16-35/h1-20H,21-28H2/b19-5+,20-6+. The van der Waals surface area contributed by atoms with E-state index in [4.69, 9.17) is 28.4 Å². The van der Waals surface area contributed by atoms with Crippen LogP contribution in [0.2, 0.25) is 0 Å². The van der Waals surface area contributed by atoms with Gasteiger partial charge in [-0.15, -0.1) is 0 Å². The second-order valence-corrected chi connectivity index (χ2v) is 10.2. The number of benzene rings is 4.